The number of pyridine rings is 1. The molecule has 1 aliphatic rings. The number of hydrogen-bond donors (Lipinski definition) is 0. The summed E-state index contributed by atoms with van der Waals surface area (Å²) in [5.74, 6) is 0.672. The third-order valence-corrected chi connectivity index (χ3v) is 4.30. The van der Waals surface area contributed by atoms with Crippen molar-refractivity contribution in [2.45, 2.75) is 31.9 Å². The van der Waals surface area contributed by atoms with Crippen molar-refractivity contribution in [1.82, 2.24) is 9.88 Å². The predicted molar refractivity (Wildman–Crippen MR) is 81.6 cm³/mol. The number of nitrogens with zero attached hydrogens (tertiary/aromatic N) is 2. The molecule has 1 fully saturated rings. The van der Waals surface area contributed by atoms with Crippen molar-refractivity contribution in [2.24, 2.45) is 0 Å². The van der Waals surface area contributed by atoms with Crippen molar-refractivity contribution >= 4 is 5.91 Å². The van der Waals surface area contributed by atoms with Crippen LogP contribution in [-0.2, 0) is 11.2 Å². The number of aromatic nitrogens is 1. The molecule has 2 aromatic heterocycles. The van der Waals surface area contributed by atoms with Crippen LogP contribution in [0.25, 0.3) is 0 Å². The molecule has 0 unspecified atom stereocenters. The van der Waals surface area contributed by atoms with Gasteiger partial charge in [0.05, 0.1) is 24.0 Å². The molecule has 5 nitrogen and oxygen atoms in total. The van der Waals surface area contributed by atoms with Crippen LogP contribution in [0, 0.1) is 6.92 Å². The topological polar surface area (TPSA) is 55.6 Å². The minimum absolute atomic E-state index is 0.0136. The predicted octanol–water partition coefficient (Wildman–Crippen LogP) is 2.46. The molecule has 0 saturated carbocycles. The summed E-state index contributed by atoms with van der Waals surface area (Å²) in [6.07, 6.45) is 6.80. The van der Waals surface area contributed by atoms with Gasteiger partial charge in [0.1, 0.15) is 5.76 Å². The lowest BCUT2D eigenvalue weighted by molar-refractivity contribution is 0.0507. The van der Waals surface area contributed by atoms with Crippen LogP contribution in [0.5, 0.6) is 0 Å². The molecule has 2 atom stereocenters. The first kappa shape index (κ1) is 14.8. The van der Waals surface area contributed by atoms with Gasteiger partial charge in [-0.15, -0.1) is 0 Å². The Kier molecular flexibility index (Phi) is 4.24. The Labute approximate surface area is 129 Å². The highest BCUT2D eigenvalue weighted by atomic mass is 16.5. The Morgan fingerprint density at radius 2 is 2.36 bits per heavy atom. The van der Waals surface area contributed by atoms with E-state index in [0.29, 0.717) is 17.9 Å². The van der Waals surface area contributed by atoms with Gasteiger partial charge in [-0.3, -0.25) is 9.78 Å². The van der Waals surface area contributed by atoms with Gasteiger partial charge in [-0.25, -0.2) is 0 Å². The van der Waals surface area contributed by atoms with E-state index in [-0.39, 0.29) is 18.1 Å². The largest absolute Gasteiger partial charge is 0.469 e. The highest BCUT2D eigenvalue weighted by Gasteiger charge is 2.38. The molecule has 0 aromatic carbocycles. The first-order chi connectivity index (χ1) is 10.7. The number of aryl methyl sites for hydroxylation is 1. The Balaban J connectivity index is 1.83. The summed E-state index contributed by atoms with van der Waals surface area (Å²) in [4.78, 5) is 18.8. The van der Waals surface area contributed by atoms with Crippen molar-refractivity contribution in [3.05, 3.63) is 53.7 Å². The molecule has 0 bridgehead atoms. The molecule has 1 amide bonds. The zero-order chi connectivity index (χ0) is 15.5. The van der Waals surface area contributed by atoms with Crippen molar-refractivity contribution in [2.75, 3.05) is 13.7 Å². The van der Waals surface area contributed by atoms with Gasteiger partial charge in [-0.05, 0) is 37.5 Å². The van der Waals surface area contributed by atoms with Crippen molar-refractivity contribution in [3.63, 3.8) is 0 Å². The summed E-state index contributed by atoms with van der Waals surface area (Å²) in [5.41, 5.74) is 1.74. The number of methoxy groups -OCH3 is 1. The SMILES string of the molecule is CO[C@@H]1CCN(C(=O)c2ccoc2C)[C@H]1Cc1cccnc1. The summed E-state index contributed by atoms with van der Waals surface area (Å²) in [5, 5.41) is 0. The molecule has 2 aromatic rings. The van der Waals surface area contributed by atoms with Crippen molar-refractivity contribution in [3.8, 4) is 0 Å². The maximum absolute atomic E-state index is 12.8. The van der Waals surface area contributed by atoms with E-state index in [0.717, 1.165) is 18.4 Å². The van der Waals surface area contributed by atoms with E-state index < -0.39 is 0 Å². The van der Waals surface area contributed by atoms with Crippen molar-refractivity contribution in [1.29, 1.82) is 0 Å². The van der Waals surface area contributed by atoms with Crippen LogP contribution in [0.4, 0.5) is 0 Å². The Morgan fingerprint density at radius 3 is 3.00 bits per heavy atom. The molecule has 116 valence electrons. The third kappa shape index (κ3) is 2.76. The summed E-state index contributed by atoms with van der Waals surface area (Å²) < 4.78 is 10.8. The second kappa shape index (κ2) is 6.32. The van der Waals surface area contributed by atoms with Gasteiger partial charge in [-0.1, -0.05) is 6.07 Å². The van der Waals surface area contributed by atoms with Gasteiger partial charge in [0, 0.05) is 26.0 Å². The van der Waals surface area contributed by atoms with E-state index in [4.69, 9.17) is 9.15 Å². The lowest BCUT2D eigenvalue weighted by Crippen LogP contribution is -2.41. The molecule has 3 heterocycles. The average molecular weight is 300 g/mol. The van der Waals surface area contributed by atoms with Gasteiger partial charge < -0.3 is 14.1 Å². The molecular weight excluding hydrogens is 280 g/mol. The number of carbonyl (C=O) groups excluding carboxylic acids is 1. The number of amides is 1. The second-order valence-corrected chi connectivity index (χ2v) is 5.58. The van der Waals surface area contributed by atoms with E-state index in [9.17, 15) is 4.79 Å². The fourth-order valence-corrected chi connectivity index (χ4v) is 3.12. The number of likely N-dealkylation sites (tertiary alicyclic amines) is 1. The summed E-state index contributed by atoms with van der Waals surface area (Å²) in [6.45, 7) is 2.51. The molecule has 22 heavy (non-hydrogen) atoms. The maximum Gasteiger partial charge on any atom is 0.257 e. The Bertz CT molecular complexity index is 638. The van der Waals surface area contributed by atoms with Crippen LogP contribution in [0.2, 0.25) is 0 Å². The monoisotopic (exact) mass is 300 g/mol. The smallest absolute Gasteiger partial charge is 0.257 e. The third-order valence-electron chi connectivity index (χ3n) is 4.30. The molecule has 0 spiro atoms. The average Bonchev–Trinajstić information content (AvgIpc) is 3.14. The van der Waals surface area contributed by atoms with Crippen molar-refractivity contribution < 1.29 is 13.9 Å². The molecular formula is C17H20N2O3. The number of furan rings is 1. The van der Waals surface area contributed by atoms with Crippen LogP contribution in [0.1, 0.15) is 28.1 Å². The van der Waals surface area contributed by atoms with Gasteiger partial charge in [-0.2, -0.15) is 0 Å². The molecule has 0 N–H and O–H groups in total. The lowest BCUT2D eigenvalue weighted by atomic mass is 10.0. The summed E-state index contributed by atoms with van der Waals surface area (Å²) in [6, 6.07) is 5.71. The summed E-state index contributed by atoms with van der Waals surface area (Å²) in [7, 11) is 1.71. The first-order valence-electron chi connectivity index (χ1n) is 7.47. The fourth-order valence-electron chi connectivity index (χ4n) is 3.12. The quantitative estimate of drug-likeness (QED) is 0.870. The normalized spacial score (nSPS) is 21.3. The first-order valence-corrected chi connectivity index (χ1v) is 7.47. The number of carbonyl (C=O) groups is 1. The zero-order valence-corrected chi connectivity index (χ0v) is 12.9. The molecule has 0 radical (unpaired) electrons. The Morgan fingerprint density at radius 1 is 1.50 bits per heavy atom. The van der Waals surface area contributed by atoms with Crippen LogP contribution < -0.4 is 0 Å². The number of hydrogen-bond acceptors (Lipinski definition) is 4. The molecule has 0 aliphatic carbocycles. The highest BCUT2D eigenvalue weighted by Crippen LogP contribution is 2.26. The maximum atomic E-state index is 12.8. The van der Waals surface area contributed by atoms with Crippen LogP contribution >= 0.6 is 0 Å². The number of ether oxygens (including phenoxy) is 1. The number of rotatable bonds is 4. The molecule has 1 saturated heterocycles. The second-order valence-electron chi connectivity index (χ2n) is 5.58. The van der Waals surface area contributed by atoms with Crippen LogP contribution in [0.15, 0.2) is 41.3 Å². The lowest BCUT2D eigenvalue weighted by Gasteiger charge is -2.27. The van der Waals surface area contributed by atoms with E-state index in [2.05, 4.69) is 4.98 Å². The van der Waals surface area contributed by atoms with Crippen LogP contribution in [0.3, 0.4) is 0 Å². The summed E-state index contributed by atoms with van der Waals surface area (Å²) >= 11 is 0. The minimum Gasteiger partial charge on any atom is -0.469 e. The van der Waals surface area contributed by atoms with Gasteiger partial charge in [0.15, 0.2) is 0 Å². The van der Waals surface area contributed by atoms with E-state index in [1.807, 2.05) is 30.2 Å². The molecule has 5 heteroatoms. The van der Waals surface area contributed by atoms with E-state index in [1.54, 1.807) is 25.6 Å². The minimum atomic E-state index is 0.0136. The van der Waals surface area contributed by atoms with Gasteiger partial charge in [0.25, 0.3) is 5.91 Å². The Hall–Kier alpha value is -2.14. The molecule has 1 aliphatic heterocycles. The fraction of sp³-hybridized carbons (Fsp3) is 0.412. The van der Waals surface area contributed by atoms with Crippen LogP contribution in [-0.4, -0.2) is 41.6 Å². The van der Waals surface area contributed by atoms with E-state index in [1.165, 1.54) is 0 Å². The zero-order valence-electron chi connectivity index (χ0n) is 12.9. The highest BCUT2D eigenvalue weighted by molar-refractivity contribution is 5.95. The van der Waals surface area contributed by atoms with Gasteiger partial charge in [0.2, 0.25) is 0 Å². The standard InChI is InChI=1S/C17H20N2O3/c1-12-14(6-9-22-12)17(20)19-8-5-16(21-2)15(19)10-13-4-3-7-18-11-13/h3-4,6-7,9,11,15-16H,5,8,10H2,1-2H3/t15-,16+/m0/s1. The van der Waals surface area contributed by atoms with Gasteiger partial charge >= 0.3 is 0 Å². The molecule has 3 rings (SSSR count). The van der Waals surface area contributed by atoms with E-state index >= 15 is 0 Å².